The van der Waals surface area contributed by atoms with Crippen LogP contribution in [0.5, 0.6) is 0 Å². The third-order valence-corrected chi connectivity index (χ3v) is 4.56. The molecule has 1 saturated heterocycles. The molecule has 1 aliphatic heterocycles. The van der Waals surface area contributed by atoms with Crippen molar-refractivity contribution in [2.75, 3.05) is 18.5 Å². The molecule has 1 aromatic carbocycles. The number of hydrogen-bond acceptors (Lipinski definition) is 4. The molecule has 1 aliphatic rings. The summed E-state index contributed by atoms with van der Waals surface area (Å²) >= 11 is 3.47. The quantitative estimate of drug-likeness (QED) is 0.892. The first-order chi connectivity index (χ1) is 10.1. The maximum atomic E-state index is 6.07. The maximum Gasteiger partial charge on any atom is 0.0934 e. The first kappa shape index (κ1) is 14.8. The molecule has 112 valence electrons. The van der Waals surface area contributed by atoms with Gasteiger partial charge in [0.1, 0.15) is 0 Å². The fourth-order valence-electron chi connectivity index (χ4n) is 3.04. The van der Waals surface area contributed by atoms with Gasteiger partial charge in [0.15, 0.2) is 0 Å². The van der Waals surface area contributed by atoms with Crippen LogP contribution in [0.2, 0.25) is 0 Å². The highest BCUT2D eigenvalue weighted by atomic mass is 79.9. The number of nitrogens with one attached hydrogen (secondary N) is 1. The van der Waals surface area contributed by atoms with Crippen LogP contribution >= 0.6 is 15.9 Å². The van der Waals surface area contributed by atoms with E-state index in [-0.39, 0.29) is 11.6 Å². The topological polar surface area (TPSA) is 60.2 Å². The average Bonchev–Trinajstić information content (AvgIpc) is 2.47. The zero-order chi connectivity index (χ0) is 14.9. The van der Waals surface area contributed by atoms with Crippen molar-refractivity contribution < 1.29 is 4.74 Å². The lowest BCUT2D eigenvalue weighted by molar-refractivity contribution is 0.000290. The molecule has 1 fully saturated rings. The van der Waals surface area contributed by atoms with E-state index < -0.39 is 0 Å². The molecule has 0 bridgehead atoms. The van der Waals surface area contributed by atoms with E-state index in [1.54, 1.807) is 0 Å². The van der Waals surface area contributed by atoms with Gasteiger partial charge in [-0.3, -0.25) is 4.98 Å². The number of anilines is 1. The van der Waals surface area contributed by atoms with Crippen LogP contribution in [0.25, 0.3) is 10.9 Å². The Morgan fingerprint density at radius 3 is 3.14 bits per heavy atom. The van der Waals surface area contributed by atoms with Gasteiger partial charge in [-0.1, -0.05) is 12.1 Å². The summed E-state index contributed by atoms with van der Waals surface area (Å²) in [6.07, 6.45) is 3.89. The highest BCUT2D eigenvalue weighted by Gasteiger charge is 2.34. The maximum absolute atomic E-state index is 6.07. The van der Waals surface area contributed by atoms with Gasteiger partial charge in [-0.15, -0.1) is 0 Å². The molecule has 1 aromatic heterocycles. The number of hydrogen-bond donors (Lipinski definition) is 2. The largest absolute Gasteiger partial charge is 0.378 e. The Kier molecular flexibility index (Phi) is 4.15. The molecule has 3 rings (SSSR count). The predicted octanol–water partition coefficient (Wildman–Crippen LogP) is 3.31. The number of aromatic nitrogens is 1. The molecule has 0 radical (unpaired) electrons. The smallest absolute Gasteiger partial charge is 0.0934 e. The number of benzene rings is 1. The first-order valence-corrected chi connectivity index (χ1v) is 8.05. The number of pyridine rings is 1. The lowest BCUT2D eigenvalue weighted by atomic mass is 9.86. The Labute approximate surface area is 133 Å². The van der Waals surface area contributed by atoms with E-state index in [1.165, 1.54) is 0 Å². The van der Waals surface area contributed by atoms with Crippen LogP contribution < -0.4 is 11.1 Å². The number of halogens is 1. The number of nitrogens with two attached hydrogens (primary N) is 1. The Bertz CT molecular complexity index is 648. The van der Waals surface area contributed by atoms with Crippen molar-refractivity contribution in [3.05, 3.63) is 34.9 Å². The van der Waals surface area contributed by atoms with Gasteiger partial charge in [0, 0.05) is 29.2 Å². The summed E-state index contributed by atoms with van der Waals surface area (Å²) in [5.41, 5.74) is 7.98. The molecule has 0 spiro atoms. The summed E-state index contributed by atoms with van der Waals surface area (Å²) in [5.74, 6) is 0. The zero-order valence-corrected chi connectivity index (χ0v) is 13.7. The van der Waals surface area contributed by atoms with Crippen molar-refractivity contribution in [1.29, 1.82) is 0 Å². The van der Waals surface area contributed by atoms with Crippen LogP contribution in [0, 0.1) is 0 Å². The van der Waals surface area contributed by atoms with Gasteiger partial charge in [-0.25, -0.2) is 0 Å². The molecule has 2 atom stereocenters. The second kappa shape index (κ2) is 5.91. The van der Waals surface area contributed by atoms with E-state index in [2.05, 4.69) is 51.4 Å². The molecule has 0 aliphatic carbocycles. The van der Waals surface area contributed by atoms with Gasteiger partial charge in [0.05, 0.1) is 22.8 Å². The van der Waals surface area contributed by atoms with Crippen molar-refractivity contribution in [1.82, 2.24) is 4.98 Å². The van der Waals surface area contributed by atoms with E-state index in [9.17, 15) is 0 Å². The lowest BCUT2D eigenvalue weighted by Gasteiger charge is -2.40. The van der Waals surface area contributed by atoms with E-state index in [0.29, 0.717) is 6.54 Å². The standard InChI is InChI=1S/C16H20BrN3O/c1-11-8-16(10-18,5-6-21-11)20-14-4-2-3-12-7-13(17)9-19-15(12)14/h2-4,7,9,11,20H,5-6,8,10,18H2,1H3. The van der Waals surface area contributed by atoms with Crippen molar-refractivity contribution in [3.63, 3.8) is 0 Å². The fourth-order valence-corrected chi connectivity index (χ4v) is 3.39. The van der Waals surface area contributed by atoms with Gasteiger partial charge in [-0.05, 0) is 47.8 Å². The highest BCUT2D eigenvalue weighted by Crippen LogP contribution is 2.31. The normalized spacial score (nSPS) is 26.0. The minimum atomic E-state index is -0.110. The molecule has 0 saturated carbocycles. The van der Waals surface area contributed by atoms with Gasteiger partial charge in [0.2, 0.25) is 0 Å². The number of fused-ring (bicyclic) bond motifs is 1. The molecule has 4 nitrogen and oxygen atoms in total. The fraction of sp³-hybridized carbons (Fsp3) is 0.438. The third-order valence-electron chi connectivity index (χ3n) is 4.13. The number of nitrogens with zero attached hydrogens (tertiary/aromatic N) is 1. The SMILES string of the molecule is CC1CC(CN)(Nc2cccc3cc(Br)cnc23)CCO1. The summed E-state index contributed by atoms with van der Waals surface area (Å²) in [7, 11) is 0. The van der Waals surface area contributed by atoms with Gasteiger partial charge in [0.25, 0.3) is 0 Å². The summed E-state index contributed by atoms with van der Waals surface area (Å²) in [4.78, 5) is 4.55. The Hall–Kier alpha value is -1.17. The number of para-hydroxylation sites is 1. The summed E-state index contributed by atoms with van der Waals surface area (Å²) in [6.45, 7) is 3.44. The third kappa shape index (κ3) is 3.05. The van der Waals surface area contributed by atoms with Crippen LogP contribution in [0.1, 0.15) is 19.8 Å². The highest BCUT2D eigenvalue weighted by molar-refractivity contribution is 9.10. The van der Waals surface area contributed by atoms with Crippen LogP contribution in [0.15, 0.2) is 34.9 Å². The van der Waals surface area contributed by atoms with Crippen LogP contribution in [-0.2, 0) is 4.74 Å². The molecule has 2 unspecified atom stereocenters. The summed E-state index contributed by atoms with van der Waals surface area (Å²) in [6, 6.07) is 8.27. The minimum Gasteiger partial charge on any atom is -0.378 e. The van der Waals surface area contributed by atoms with Crippen LogP contribution in [0.3, 0.4) is 0 Å². The molecule has 2 aromatic rings. The van der Waals surface area contributed by atoms with Gasteiger partial charge in [-0.2, -0.15) is 0 Å². The van der Waals surface area contributed by atoms with Gasteiger partial charge < -0.3 is 15.8 Å². The summed E-state index contributed by atoms with van der Waals surface area (Å²) < 4.78 is 6.64. The van der Waals surface area contributed by atoms with Gasteiger partial charge >= 0.3 is 0 Å². The second-order valence-electron chi connectivity index (χ2n) is 5.78. The minimum absolute atomic E-state index is 0.110. The van der Waals surface area contributed by atoms with E-state index in [0.717, 1.165) is 40.5 Å². The summed E-state index contributed by atoms with van der Waals surface area (Å²) in [5, 5.41) is 4.77. The average molecular weight is 350 g/mol. The van der Waals surface area contributed by atoms with Crippen LogP contribution in [-0.4, -0.2) is 29.8 Å². The second-order valence-corrected chi connectivity index (χ2v) is 6.69. The number of ether oxygens (including phenoxy) is 1. The van der Waals surface area contributed by atoms with Crippen molar-refractivity contribution in [2.45, 2.75) is 31.4 Å². The monoisotopic (exact) mass is 349 g/mol. The van der Waals surface area contributed by atoms with Crippen molar-refractivity contribution in [2.24, 2.45) is 5.73 Å². The lowest BCUT2D eigenvalue weighted by Crippen LogP contribution is -2.51. The Morgan fingerprint density at radius 1 is 1.52 bits per heavy atom. The first-order valence-electron chi connectivity index (χ1n) is 7.26. The molecule has 3 N–H and O–H groups in total. The Balaban J connectivity index is 1.96. The van der Waals surface area contributed by atoms with Crippen molar-refractivity contribution >= 4 is 32.5 Å². The van der Waals surface area contributed by atoms with E-state index >= 15 is 0 Å². The van der Waals surface area contributed by atoms with Crippen molar-refractivity contribution in [3.8, 4) is 0 Å². The predicted molar refractivity (Wildman–Crippen MR) is 89.5 cm³/mol. The molecular formula is C16H20BrN3O. The molecule has 5 heteroatoms. The van der Waals surface area contributed by atoms with Crippen LogP contribution in [0.4, 0.5) is 5.69 Å². The molecule has 21 heavy (non-hydrogen) atoms. The number of rotatable bonds is 3. The molecule has 0 amide bonds. The van der Waals surface area contributed by atoms with E-state index in [1.807, 2.05) is 12.3 Å². The molecule has 2 heterocycles. The Morgan fingerprint density at radius 2 is 2.38 bits per heavy atom. The molecular weight excluding hydrogens is 330 g/mol. The zero-order valence-electron chi connectivity index (χ0n) is 12.1. The van der Waals surface area contributed by atoms with E-state index in [4.69, 9.17) is 10.5 Å².